The van der Waals surface area contributed by atoms with E-state index < -0.39 is 0 Å². The summed E-state index contributed by atoms with van der Waals surface area (Å²) in [4.78, 5) is 0. The van der Waals surface area contributed by atoms with Crippen molar-refractivity contribution < 1.29 is 0 Å². The fourth-order valence-electron chi connectivity index (χ4n) is 2.76. The van der Waals surface area contributed by atoms with Crippen molar-refractivity contribution in [2.75, 3.05) is 0 Å². The zero-order valence-electron chi connectivity index (χ0n) is 10.5. The van der Waals surface area contributed by atoms with Gasteiger partial charge in [0.1, 0.15) is 0 Å². The van der Waals surface area contributed by atoms with Crippen molar-refractivity contribution in [3.05, 3.63) is 23.3 Å². The van der Waals surface area contributed by atoms with Crippen LogP contribution in [-0.2, 0) is 0 Å². The molecule has 1 aliphatic carbocycles. The summed E-state index contributed by atoms with van der Waals surface area (Å²) >= 11 is 0. The maximum atomic E-state index is 2.42. The molecule has 0 aromatic heterocycles. The van der Waals surface area contributed by atoms with E-state index in [9.17, 15) is 0 Å². The predicted octanol–water partition coefficient (Wildman–Crippen LogP) is 4.58. The summed E-state index contributed by atoms with van der Waals surface area (Å²) in [6.07, 6.45) is 5.90. The van der Waals surface area contributed by atoms with Crippen molar-refractivity contribution in [3.63, 3.8) is 0 Å². The van der Waals surface area contributed by atoms with Crippen LogP contribution in [0.2, 0.25) is 0 Å². The molecule has 0 fully saturated rings. The van der Waals surface area contributed by atoms with Crippen LogP contribution in [-0.4, -0.2) is 0 Å². The Bertz CT molecular complexity index is 266. The molecule has 0 amide bonds. The number of rotatable bonds is 2. The molecule has 1 atom stereocenters. The van der Waals surface area contributed by atoms with Gasteiger partial charge >= 0.3 is 0 Å². The lowest BCUT2D eigenvalue weighted by Crippen LogP contribution is -2.29. The first-order valence-electron chi connectivity index (χ1n) is 5.77. The third-order valence-electron chi connectivity index (χ3n) is 3.70. The van der Waals surface area contributed by atoms with Crippen molar-refractivity contribution in [1.29, 1.82) is 0 Å². The lowest BCUT2D eigenvalue weighted by molar-refractivity contribution is 0.323. The first kappa shape index (κ1) is 11.6. The standard InChI is InChI=1S/C14H24/c1-10(2)13-12(5)8-7-9-14(13,6)11(3)4/h7,9-11H,8H2,1-6H3/t14-/m0/s1. The van der Waals surface area contributed by atoms with Crippen LogP contribution in [0.4, 0.5) is 0 Å². The lowest BCUT2D eigenvalue weighted by atomic mass is 9.65. The van der Waals surface area contributed by atoms with Crippen LogP contribution in [0, 0.1) is 17.3 Å². The van der Waals surface area contributed by atoms with Gasteiger partial charge in [0.25, 0.3) is 0 Å². The summed E-state index contributed by atoms with van der Waals surface area (Å²) in [6, 6.07) is 0. The van der Waals surface area contributed by atoms with Crippen LogP contribution >= 0.6 is 0 Å². The third-order valence-corrected chi connectivity index (χ3v) is 3.70. The molecule has 0 spiro atoms. The fourth-order valence-corrected chi connectivity index (χ4v) is 2.76. The molecule has 0 radical (unpaired) electrons. The Morgan fingerprint density at radius 2 is 1.79 bits per heavy atom. The van der Waals surface area contributed by atoms with Crippen molar-refractivity contribution >= 4 is 0 Å². The minimum Gasteiger partial charge on any atom is -0.0836 e. The molecule has 0 aliphatic heterocycles. The van der Waals surface area contributed by atoms with Crippen molar-refractivity contribution in [2.45, 2.75) is 48.0 Å². The maximum Gasteiger partial charge on any atom is 0.00907 e. The molecule has 0 heteroatoms. The van der Waals surface area contributed by atoms with Gasteiger partial charge in [-0.1, -0.05) is 57.9 Å². The molecule has 0 saturated carbocycles. The molecule has 0 unspecified atom stereocenters. The molecule has 0 N–H and O–H groups in total. The van der Waals surface area contributed by atoms with Gasteiger partial charge in [-0.3, -0.25) is 0 Å². The van der Waals surface area contributed by atoms with E-state index in [0.29, 0.717) is 11.8 Å². The monoisotopic (exact) mass is 192 g/mol. The van der Waals surface area contributed by atoms with E-state index in [1.165, 1.54) is 0 Å². The van der Waals surface area contributed by atoms with E-state index in [1.807, 2.05) is 0 Å². The van der Waals surface area contributed by atoms with Crippen LogP contribution in [0.5, 0.6) is 0 Å². The molecule has 0 nitrogen and oxygen atoms in total. The molecule has 1 aliphatic rings. The van der Waals surface area contributed by atoms with E-state index in [1.54, 1.807) is 11.1 Å². The number of hydrogen-bond acceptors (Lipinski definition) is 0. The second kappa shape index (κ2) is 3.92. The van der Waals surface area contributed by atoms with Crippen LogP contribution in [0.1, 0.15) is 48.0 Å². The van der Waals surface area contributed by atoms with E-state index in [-0.39, 0.29) is 5.41 Å². The molecular weight excluding hydrogens is 168 g/mol. The van der Waals surface area contributed by atoms with Crippen LogP contribution in [0.15, 0.2) is 23.3 Å². The zero-order chi connectivity index (χ0) is 10.9. The predicted molar refractivity (Wildman–Crippen MR) is 64.2 cm³/mol. The maximum absolute atomic E-state index is 2.42. The topological polar surface area (TPSA) is 0 Å². The first-order chi connectivity index (χ1) is 6.39. The van der Waals surface area contributed by atoms with Gasteiger partial charge in [0, 0.05) is 5.41 Å². The van der Waals surface area contributed by atoms with Crippen LogP contribution in [0.25, 0.3) is 0 Å². The SMILES string of the molecule is CC1=C(C(C)C)[C@](C)(C(C)C)C=CC1. The summed E-state index contributed by atoms with van der Waals surface area (Å²) in [6.45, 7) is 14.0. The summed E-state index contributed by atoms with van der Waals surface area (Å²) in [5, 5.41) is 0. The lowest BCUT2D eigenvalue weighted by Gasteiger charge is -2.39. The second-order valence-electron chi connectivity index (χ2n) is 5.39. The van der Waals surface area contributed by atoms with E-state index in [2.05, 4.69) is 53.7 Å². The highest BCUT2D eigenvalue weighted by atomic mass is 14.4. The Morgan fingerprint density at radius 1 is 1.21 bits per heavy atom. The van der Waals surface area contributed by atoms with Crippen LogP contribution < -0.4 is 0 Å². The van der Waals surface area contributed by atoms with Gasteiger partial charge in [0.05, 0.1) is 0 Å². The van der Waals surface area contributed by atoms with Crippen molar-refractivity contribution in [3.8, 4) is 0 Å². The molecule has 0 aromatic carbocycles. The molecule has 80 valence electrons. The normalized spacial score (nSPS) is 28.0. The quantitative estimate of drug-likeness (QED) is 0.562. The Balaban J connectivity index is 3.16. The zero-order valence-corrected chi connectivity index (χ0v) is 10.5. The van der Waals surface area contributed by atoms with E-state index in [4.69, 9.17) is 0 Å². The Hall–Kier alpha value is -0.520. The molecule has 14 heavy (non-hydrogen) atoms. The molecular formula is C14H24. The Morgan fingerprint density at radius 3 is 2.14 bits per heavy atom. The average Bonchev–Trinajstić information content (AvgIpc) is 2.02. The largest absolute Gasteiger partial charge is 0.0836 e. The van der Waals surface area contributed by atoms with Crippen molar-refractivity contribution in [1.82, 2.24) is 0 Å². The highest BCUT2D eigenvalue weighted by Crippen LogP contribution is 2.45. The van der Waals surface area contributed by atoms with Gasteiger partial charge in [-0.15, -0.1) is 0 Å². The number of allylic oxidation sites excluding steroid dienone is 4. The molecule has 0 saturated heterocycles. The minimum absolute atomic E-state index is 0.288. The fraction of sp³-hybridized carbons (Fsp3) is 0.714. The van der Waals surface area contributed by atoms with Gasteiger partial charge in [-0.25, -0.2) is 0 Å². The van der Waals surface area contributed by atoms with Crippen molar-refractivity contribution in [2.24, 2.45) is 17.3 Å². The third kappa shape index (κ3) is 1.80. The summed E-state index contributed by atoms with van der Waals surface area (Å²) in [5.41, 5.74) is 3.53. The van der Waals surface area contributed by atoms with E-state index in [0.717, 1.165) is 6.42 Å². The average molecular weight is 192 g/mol. The van der Waals surface area contributed by atoms with E-state index >= 15 is 0 Å². The van der Waals surface area contributed by atoms with Gasteiger partial charge < -0.3 is 0 Å². The molecule has 1 rings (SSSR count). The van der Waals surface area contributed by atoms with Gasteiger partial charge in [0.2, 0.25) is 0 Å². The smallest absolute Gasteiger partial charge is 0.00907 e. The van der Waals surface area contributed by atoms with Gasteiger partial charge in [0.15, 0.2) is 0 Å². The first-order valence-corrected chi connectivity index (χ1v) is 5.77. The van der Waals surface area contributed by atoms with Gasteiger partial charge in [-0.2, -0.15) is 0 Å². The summed E-state index contributed by atoms with van der Waals surface area (Å²) in [7, 11) is 0. The summed E-state index contributed by atoms with van der Waals surface area (Å²) < 4.78 is 0. The second-order valence-corrected chi connectivity index (χ2v) is 5.39. The molecule has 0 heterocycles. The Labute approximate surface area is 89.1 Å². The summed E-state index contributed by atoms with van der Waals surface area (Å²) in [5.74, 6) is 1.36. The molecule has 0 bridgehead atoms. The van der Waals surface area contributed by atoms with Crippen LogP contribution in [0.3, 0.4) is 0 Å². The highest BCUT2D eigenvalue weighted by Gasteiger charge is 2.34. The van der Waals surface area contributed by atoms with Gasteiger partial charge in [-0.05, 0) is 25.2 Å². The highest BCUT2D eigenvalue weighted by molar-refractivity contribution is 5.33. The molecule has 0 aromatic rings. The minimum atomic E-state index is 0.288. The Kier molecular flexibility index (Phi) is 3.24. The number of hydrogen-bond donors (Lipinski definition) is 0.